The molecule has 2 amide bonds. The normalized spacial score (nSPS) is 35.8. The summed E-state index contributed by atoms with van der Waals surface area (Å²) >= 11 is 0. The molecular weight excluding hydrogens is 216 g/mol. The largest absolute Gasteiger partial charge is 0.352 e. The Kier molecular flexibility index (Phi) is 2.60. The molecule has 3 rings (SSSR count). The lowest BCUT2D eigenvalue weighted by Gasteiger charge is -2.24. The van der Waals surface area contributed by atoms with Crippen LogP contribution >= 0.6 is 0 Å². The maximum absolute atomic E-state index is 12.2. The van der Waals surface area contributed by atoms with E-state index in [0.717, 1.165) is 38.6 Å². The van der Waals surface area contributed by atoms with Gasteiger partial charge in [-0.25, -0.2) is 0 Å². The minimum atomic E-state index is -0.184. The van der Waals surface area contributed by atoms with Crippen LogP contribution in [0.2, 0.25) is 0 Å². The third-order valence-corrected chi connectivity index (χ3v) is 4.19. The number of amides is 2. The highest BCUT2D eigenvalue weighted by Gasteiger charge is 2.45. The minimum absolute atomic E-state index is 0.0756. The average Bonchev–Trinajstić information content (AvgIpc) is 3.19. The number of nitrogens with one attached hydrogen (secondary N) is 1. The van der Waals surface area contributed by atoms with Crippen molar-refractivity contribution in [1.82, 2.24) is 10.2 Å². The van der Waals surface area contributed by atoms with Gasteiger partial charge >= 0.3 is 0 Å². The third-order valence-electron chi connectivity index (χ3n) is 4.19. The van der Waals surface area contributed by atoms with Gasteiger partial charge in [0.25, 0.3) is 0 Å². The fraction of sp³-hybridized carbons (Fsp3) is 0.846. The second kappa shape index (κ2) is 4.00. The molecule has 4 heteroatoms. The van der Waals surface area contributed by atoms with Gasteiger partial charge in [0, 0.05) is 18.5 Å². The molecule has 3 fully saturated rings. The molecule has 0 aromatic carbocycles. The van der Waals surface area contributed by atoms with Gasteiger partial charge in [0.1, 0.15) is 6.04 Å². The van der Waals surface area contributed by atoms with Crippen LogP contribution in [-0.2, 0) is 9.59 Å². The van der Waals surface area contributed by atoms with Crippen LogP contribution in [0.3, 0.4) is 0 Å². The Balaban J connectivity index is 1.62. The second-order valence-electron chi connectivity index (χ2n) is 5.79. The molecule has 2 saturated carbocycles. The van der Waals surface area contributed by atoms with Crippen molar-refractivity contribution in [1.29, 1.82) is 0 Å². The average molecular weight is 236 g/mol. The van der Waals surface area contributed by atoms with Gasteiger partial charge in [-0.05, 0) is 38.0 Å². The summed E-state index contributed by atoms with van der Waals surface area (Å²) in [6.07, 6.45) is 5.02. The van der Waals surface area contributed by atoms with E-state index in [9.17, 15) is 9.59 Å². The van der Waals surface area contributed by atoms with E-state index >= 15 is 0 Å². The minimum Gasteiger partial charge on any atom is -0.352 e. The van der Waals surface area contributed by atoms with E-state index in [4.69, 9.17) is 0 Å². The Labute approximate surface area is 102 Å². The highest BCUT2D eigenvalue weighted by molar-refractivity contribution is 5.90. The molecule has 0 radical (unpaired) electrons. The molecule has 3 aliphatic rings. The Morgan fingerprint density at radius 1 is 1.24 bits per heavy atom. The van der Waals surface area contributed by atoms with Gasteiger partial charge in [0.05, 0.1) is 0 Å². The van der Waals surface area contributed by atoms with Gasteiger partial charge in [-0.1, -0.05) is 6.92 Å². The first-order valence-corrected chi connectivity index (χ1v) is 6.77. The predicted molar refractivity (Wildman–Crippen MR) is 63.2 cm³/mol. The Morgan fingerprint density at radius 3 is 2.53 bits per heavy atom. The van der Waals surface area contributed by atoms with Crippen molar-refractivity contribution in [3.8, 4) is 0 Å². The third kappa shape index (κ3) is 2.17. The Morgan fingerprint density at radius 2 is 1.94 bits per heavy atom. The molecule has 3 atom stereocenters. The zero-order chi connectivity index (χ0) is 12.0. The van der Waals surface area contributed by atoms with E-state index < -0.39 is 0 Å². The fourth-order valence-electron chi connectivity index (χ4n) is 2.71. The maximum Gasteiger partial charge on any atom is 0.243 e. The Bertz CT molecular complexity index is 351. The van der Waals surface area contributed by atoms with Crippen LogP contribution in [0.15, 0.2) is 0 Å². The first kappa shape index (κ1) is 11.1. The Hall–Kier alpha value is -1.06. The molecule has 4 nitrogen and oxygen atoms in total. The maximum atomic E-state index is 12.2. The summed E-state index contributed by atoms with van der Waals surface area (Å²) in [4.78, 5) is 26.0. The highest BCUT2D eigenvalue weighted by Crippen LogP contribution is 2.40. The van der Waals surface area contributed by atoms with Crippen LogP contribution in [0, 0.1) is 11.8 Å². The molecule has 2 aliphatic carbocycles. The van der Waals surface area contributed by atoms with Crippen molar-refractivity contribution in [3.05, 3.63) is 0 Å². The number of nitrogens with zero attached hydrogens (tertiary/aromatic N) is 1. The number of carbonyl (C=O) groups is 2. The van der Waals surface area contributed by atoms with Crippen molar-refractivity contribution >= 4 is 11.8 Å². The summed E-state index contributed by atoms with van der Waals surface area (Å²) in [6.45, 7) is 2.88. The van der Waals surface area contributed by atoms with E-state index in [1.165, 1.54) is 0 Å². The topological polar surface area (TPSA) is 49.4 Å². The SMILES string of the molecule is CC1CC1C(=O)N1CCCC1C(=O)NC1CC1. The summed E-state index contributed by atoms with van der Waals surface area (Å²) in [5.74, 6) is 1.01. The lowest BCUT2D eigenvalue weighted by Crippen LogP contribution is -2.47. The molecule has 94 valence electrons. The number of carbonyl (C=O) groups excluding carboxylic acids is 2. The van der Waals surface area contributed by atoms with E-state index in [0.29, 0.717) is 12.0 Å². The van der Waals surface area contributed by atoms with Gasteiger partial charge in [0.15, 0.2) is 0 Å². The molecule has 0 spiro atoms. The zero-order valence-electron chi connectivity index (χ0n) is 10.3. The van der Waals surface area contributed by atoms with Crippen LogP contribution in [0.25, 0.3) is 0 Å². The van der Waals surface area contributed by atoms with Crippen molar-refractivity contribution in [3.63, 3.8) is 0 Å². The quantitative estimate of drug-likeness (QED) is 0.792. The molecule has 1 aliphatic heterocycles. The van der Waals surface area contributed by atoms with Crippen molar-refractivity contribution in [2.24, 2.45) is 11.8 Å². The molecule has 1 heterocycles. The van der Waals surface area contributed by atoms with Crippen molar-refractivity contribution in [2.45, 2.75) is 51.1 Å². The van der Waals surface area contributed by atoms with E-state index in [2.05, 4.69) is 12.2 Å². The van der Waals surface area contributed by atoms with E-state index in [1.54, 1.807) is 0 Å². The smallest absolute Gasteiger partial charge is 0.243 e. The highest BCUT2D eigenvalue weighted by atomic mass is 16.2. The molecular formula is C13H20N2O2. The van der Waals surface area contributed by atoms with Gasteiger partial charge in [-0.3, -0.25) is 9.59 Å². The lowest BCUT2D eigenvalue weighted by molar-refractivity contribution is -0.139. The van der Waals surface area contributed by atoms with Gasteiger partial charge in [-0.15, -0.1) is 0 Å². The van der Waals surface area contributed by atoms with Crippen LogP contribution < -0.4 is 5.32 Å². The molecule has 1 N–H and O–H groups in total. The van der Waals surface area contributed by atoms with Gasteiger partial charge in [-0.2, -0.15) is 0 Å². The molecule has 0 aromatic rings. The molecule has 17 heavy (non-hydrogen) atoms. The van der Waals surface area contributed by atoms with Gasteiger partial charge < -0.3 is 10.2 Å². The number of hydrogen-bond acceptors (Lipinski definition) is 2. The molecule has 3 unspecified atom stereocenters. The van der Waals surface area contributed by atoms with E-state index in [-0.39, 0.29) is 23.8 Å². The predicted octanol–water partition coefficient (Wildman–Crippen LogP) is 0.912. The fourth-order valence-corrected chi connectivity index (χ4v) is 2.71. The van der Waals surface area contributed by atoms with Crippen LogP contribution in [0.4, 0.5) is 0 Å². The summed E-state index contributed by atoms with van der Waals surface area (Å²) in [7, 11) is 0. The summed E-state index contributed by atoms with van der Waals surface area (Å²) in [6, 6.07) is 0.204. The number of rotatable bonds is 3. The van der Waals surface area contributed by atoms with Crippen molar-refractivity contribution < 1.29 is 9.59 Å². The summed E-state index contributed by atoms with van der Waals surface area (Å²) < 4.78 is 0. The molecule has 0 bridgehead atoms. The van der Waals surface area contributed by atoms with E-state index in [1.807, 2.05) is 4.90 Å². The van der Waals surface area contributed by atoms with Crippen LogP contribution in [0.5, 0.6) is 0 Å². The number of hydrogen-bond donors (Lipinski definition) is 1. The number of likely N-dealkylation sites (tertiary alicyclic amines) is 1. The lowest BCUT2D eigenvalue weighted by atomic mass is 10.2. The zero-order valence-corrected chi connectivity index (χ0v) is 10.3. The second-order valence-corrected chi connectivity index (χ2v) is 5.79. The summed E-state index contributed by atoms with van der Waals surface area (Å²) in [5.41, 5.74) is 0. The van der Waals surface area contributed by atoms with Crippen molar-refractivity contribution in [2.75, 3.05) is 6.54 Å². The molecule has 1 saturated heterocycles. The first-order valence-electron chi connectivity index (χ1n) is 6.77. The first-order chi connectivity index (χ1) is 8.16. The molecule has 0 aromatic heterocycles. The monoisotopic (exact) mass is 236 g/mol. The standard InChI is InChI=1S/C13H20N2O2/c1-8-7-10(8)13(17)15-6-2-3-11(15)12(16)14-9-4-5-9/h8-11H,2-7H2,1H3,(H,14,16). The van der Waals surface area contributed by atoms with Gasteiger partial charge in [0.2, 0.25) is 11.8 Å². The van der Waals surface area contributed by atoms with Crippen LogP contribution in [0.1, 0.15) is 39.0 Å². The summed E-state index contributed by atoms with van der Waals surface area (Å²) in [5, 5.41) is 3.02. The van der Waals surface area contributed by atoms with Crippen LogP contribution in [-0.4, -0.2) is 35.3 Å².